The summed E-state index contributed by atoms with van der Waals surface area (Å²) in [6.45, 7) is 1.85. The van der Waals surface area contributed by atoms with Gasteiger partial charge in [0.25, 0.3) is 0 Å². The van der Waals surface area contributed by atoms with E-state index in [1.165, 1.54) is 7.05 Å². The van der Waals surface area contributed by atoms with E-state index in [1.807, 2.05) is 6.92 Å². The van der Waals surface area contributed by atoms with Crippen molar-refractivity contribution in [2.75, 3.05) is 20.6 Å². The number of likely N-dealkylation sites (tertiary alicyclic amines) is 1. The normalized spacial score (nSPS) is 36.9. The molecule has 0 aliphatic carbocycles. The number of rotatable bonds is 1. The van der Waals surface area contributed by atoms with E-state index >= 15 is 0 Å². The number of nitrogens with one attached hydrogen (secondary N) is 1. The molecule has 0 aromatic rings. The van der Waals surface area contributed by atoms with Crippen molar-refractivity contribution in [2.24, 2.45) is 0 Å². The molecule has 2 unspecified atom stereocenters. The molecule has 1 fully saturated rings. The first-order chi connectivity index (χ1) is 5.82. The number of nitrogens with zero attached hydrogens (tertiary/aromatic N) is 1. The van der Waals surface area contributed by atoms with Gasteiger partial charge in [-0.25, -0.2) is 0 Å². The summed E-state index contributed by atoms with van der Waals surface area (Å²) in [5.41, 5.74) is -1.71. The summed E-state index contributed by atoms with van der Waals surface area (Å²) in [4.78, 5) is 1.73. The van der Waals surface area contributed by atoms with E-state index < -0.39 is 11.7 Å². The van der Waals surface area contributed by atoms with Crippen LogP contribution in [0.4, 0.5) is 13.2 Å². The molecule has 0 saturated carbocycles. The molecule has 0 aromatic carbocycles. The Morgan fingerprint density at radius 2 is 2.00 bits per heavy atom. The third kappa shape index (κ3) is 1.67. The summed E-state index contributed by atoms with van der Waals surface area (Å²) < 4.78 is 38.0. The van der Waals surface area contributed by atoms with Gasteiger partial charge in [-0.15, -0.1) is 0 Å². The van der Waals surface area contributed by atoms with Gasteiger partial charge >= 0.3 is 6.18 Å². The topological polar surface area (TPSA) is 15.3 Å². The van der Waals surface area contributed by atoms with Crippen LogP contribution in [0.5, 0.6) is 0 Å². The number of alkyl halides is 3. The van der Waals surface area contributed by atoms with E-state index in [-0.39, 0.29) is 19.0 Å². The highest BCUT2D eigenvalue weighted by Gasteiger charge is 2.58. The largest absolute Gasteiger partial charge is 0.407 e. The lowest BCUT2D eigenvalue weighted by Gasteiger charge is -2.30. The van der Waals surface area contributed by atoms with E-state index in [2.05, 4.69) is 5.32 Å². The predicted molar refractivity (Wildman–Crippen MR) is 44.6 cm³/mol. The van der Waals surface area contributed by atoms with E-state index in [0.717, 1.165) is 0 Å². The molecule has 0 aromatic heterocycles. The molecule has 1 N–H and O–H groups in total. The third-order valence-electron chi connectivity index (χ3n) is 2.94. The van der Waals surface area contributed by atoms with Crippen molar-refractivity contribution in [3.05, 3.63) is 0 Å². The number of likely N-dealkylation sites (N-methyl/N-ethyl adjacent to an activating group) is 2. The lowest BCUT2D eigenvalue weighted by atomic mass is 9.96. The smallest absolute Gasteiger partial charge is 0.306 e. The number of hydrogen-bond donors (Lipinski definition) is 1. The van der Waals surface area contributed by atoms with Crippen LogP contribution in [0.15, 0.2) is 0 Å². The van der Waals surface area contributed by atoms with Crippen LogP contribution in [0.3, 0.4) is 0 Å². The fraction of sp³-hybridized carbons (Fsp3) is 1.00. The Kier molecular flexibility index (Phi) is 2.60. The molecule has 2 atom stereocenters. The molecule has 0 amide bonds. The van der Waals surface area contributed by atoms with E-state index in [9.17, 15) is 13.2 Å². The van der Waals surface area contributed by atoms with E-state index in [0.29, 0.717) is 0 Å². The number of hydrogen-bond acceptors (Lipinski definition) is 2. The molecule has 1 aliphatic heterocycles. The Morgan fingerprint density at radius 1 is 1.46 bits per heavy atom. The molecule has 0 spiro atoms. The SMILES string of the molecule is CNC1(C(F)(F)F)CC(C)N(C)C1. The first-order valence-corrected chi connectivity index (χ1v) is 4.28. The molecule has 1 saturated heterocycles. The zero-order valence-electron chi connectivity index (χ0n) is 8.07. The summed E-state index contributed by atoms with van der Waals surface area (Å²) in [7, 11) is 3.09. The minimum absolute atomic E-state index is 0.0194. The predicted octanol–water partition coefficient (Wildman–Crippen LogP) is 1.23. The minimum atomic E-state index is -4.17. The van der Waals surface area contributed by atoms with Gasteiger partial charge < -0.3 is 10.2 Å². The highest BCUT2D eigenvalue weighted by molar-refractivity contribution is 5.04. The van der Waals surface area contributed by atoms with Crippen molar-refractivity contribution in [3.8, 4) is 0 Å². The van der Waals surface area contributed by atoms with Gasteiger partial charge in [-0.1, -0.05) is 0 Å². The second kappa shape index (κ2) is 3.13. The fourth-order valence-electron chi connectivity index (χ4n) is 1.83. The molecular formula is C8H15F3N2. The highest BCUT2D eigenvalue weighted by Crippen LogP contribution is 2.39. The zero-order chi connectivity index (χ0) is 10.3. The molecule has 1 heterocycles. The van der Waals surface area contributed by atoms with Crippen LogP contribution in [0.2, 0.25) is 0 Å². The van der Waals surface area contributed by atoms with Crippen molar-refractivity contribution in [1.29, 1.82) is 0 Å². The molecule has 78 valence electrons. The van der Waals surface area contributed by atoms with Crippen molar-refractivity contribution < 1.29 is 13.2 Å². The van der Waals surface area contributed by atoms with Crippen LogP contribution in [0, 0.1) is 0 Å². The van der Waals surface area contributed by atoms with Gasteiger partial charge in [0, 0.05) is 12.6 Å². The summed E-state index contributed by atoms with van der Waals surface area (Å²) in [5.74, 6) is 0. The lowest BCUT2D eigenvalue weighted by Crippen LogP contribution is -2.56. The van der Waals surface area contributed by atoms with Crippen LogP contribution in [-0.4, -0.2) is 43.3 Å². The van der Waals surface area contributed by atoms with Gasteiger partial charge in [0.1, 0.15) is 5.54 Å². The Bertz CT molecular complexity index is 180. The maximum Gasteiger partial charge on any atom is 0.407 e. The standard InChI is InChI=1S/C8H15F3N2/c1-6-4-7(12-2,5-13(6)3)8(9,10)11/h6,12H,4-5H2,1-3H3. The molecule has 0 radical (unpaired) electrons. The molecule has 1 aliphatic rings. The van der Waals surface area contributed by atoms with Crippen molar-refractivity contribution in [3.63, 3.8) is 0 Å². The van der Waals surface area contributed by atoms with Crippen LogP contribution < -0.4 is 5.32 Å². The van der Waals surface area contributed by atoms with Crippen molar-refractivity contribution >= 4 is 0 Å². The average molecular weight is 196 g/mol. The summed E-state index contributed by atoms with van der Waals surface area (Å²) in [5, 5.41) is 2.41. The summed E-state index contributed by atoms with van der Waals surface area (Å²) in [6, 6.07) is -0.0194. The Balaban J connectivity index is 2.86. The summed E-state index contributed by atoms with van der Waals surface area (Å²) >= 11 is 0. The second-order valence-corrected chi connectivity index (χ2v) is 3.80. The van der Waals surface area contributed by atoms with Crippen molar-refractivity contribution in [2.45, 2.75) is 31.1 Å². The first kappa shape index (κ1) is 10.8. The highest BCUT2D eigenvalue weighted by atomic mass is 19.4. The maximum atomic E-state index is 12.7. The van der Waals surface area contributed by atoms with Gasteiger partial charge in [0.15, 0.2) is 0 Å². The molecule has 2 nitrogen and oxygen atoms in total. The molecule has 5 heteroatoms. The van der Waals surface area contributed by atoms with Crippen molar-refractivity contribution in [1.82, 2.24) is 10.2 Å². The van der Waals surface area contributed by atoms with Gasteiger partial charge in [0.2, 0.25) is 0 Å². The average Bonchev–Trinajstić information content (AvgIpc) is 2.28. The molecule has 13 heavy (non-hydrogen) atoms. The Morgan fingerprint density at radius 3 is 2.15 bits per heavy atom. The van der Waals surface area contributed by atoms with Gasteiger partial charge in [-0.3, -0.25) is 0 Å². The van der Waals surface area contributed by atoms with Gasteiger partial charge in [-0.2, -0.15) is 13.2 Å². The molecule has 1 rings (SSSR count). The van der Waals surface area contributed by atoms with Crippen LogP contribution >= 0.6 is 0 Å². The monoisotopic (exact) mass is 196 g/mol. The van der Waals surface area contributed by atoms with Crippen LogP contribution in [-0.2, 0) is 0 Å². The zero-order valence-corrected chi connectivity index (χ0v) is 8.07. The second-order valence-electron chi connectivity index (χ2n) is 3.80. The van der Waals surface area contributed by atoms with Gasteiger partial charge in [-0.05, 0) is 27.4 Å². The number of halogens is 3. The van der Waals surface area contributed by atoms with Crippen LogP contribution in [0.25, 0.3) is 0 Å². The third-order valence-corrected chi connectivity index (χ3v) is 2.94. The molecule has 0 bridgehead atoms. The lowest BCUT2D eigenvalue weighted by molar-refractivity contribution is -0.191. The van der Waals surface area contributed by atoms with E-state index in [4.69, 9.17) is 0 Å². The molecular weight excluding hydrogens is 181 g/mol. The van der Waals surface area contributed by atoms with Gasteiger partial charge in [0.05, 0.1) is 0 Å². The van der Waals surface area contributed by atoms with Crippen LogP contribution in [0.1, 0.15) is 13.3 Å². The fourth-order valence-corrected chi connectivity index (χ4v) is 1.83. The first-order valence-electron chi connectivity index (χ1n) is 4.28. The minimum Gasteiger partial charge on any atom is -0.306 e. The van der Waals surface area contributed by atoms with E-state index in [1.54, 1.807) is 11.9 Å². The summed E-state index contributed by atoms with van der Waals surface area (Å²) in [6.07, 6.45) is -4.04. The Hall–Kier alpha value is -0.290. The Labute approximate surface area is 76.1 Å². The quantitative estimate of drug-likeness (QED) is 0.678. The maximum absolute atomic E-state index is 12.7.